The first-order valence-corrected chi connectivity index (χ1v) is 7.25. The van der Waals surface area contributed by atoms with E-state index in [0.29, 0.717) is 0 Å². The monoisotopic (exact) mass is 284 g/mol. The molecule has 0 aliphatic carbocycles. The van der Waals surface area contributed by atoms with Gasteiger partial charge in [0.25, 0.3) is 0 Å². The second kappa shape index (κ2) is 5.24. The Labute approximate surface area is 124 Å². The summed E-state index contributed by atoms with van der Waals surface area (Å²) in [5, 5.41) is 4.77. The number of nitrogens with one attached hydrogen (secondary N) is 1. The van der Waals surface area contributed by atoms with Crippen LogP contribution in [0.5, 0.6) is 0 Å². The maximum atomic E-state index is 12.1. The number of benzene rings is 1. The van der Waals surface area contributed by atoms with Crippen molar-refractivity contribution in [3.8, 4) is 0 Å². The molecule has 5 heteroatoms. The van der Waals surface area contributed by atoms with Gasteiger partial charge in [-0.05, 0) is 38.0 Å². The van der Waals surface area contributed by atoms with Gasteiger partial charge in [0.2, 0.25) is 5.91 Å². The fourth-order valence-corrected chi connectivity index (χ4v) is 3.09. The Hall–Kier alpha value is -2.30. The molecular formula is C16H20N4O. The summed E-state index contributed by atoms with van der Waals surface area (Å²) in [7, 11) is 1.69. The summed E-state index contributed by atoms with van der Waals surface area (Å²) in [6, 6.07) is 5.85. The largest absolute Gasteiger partial charge is 0.398 e. The van der Waals surface area contributed by atoms with Crippen LogP contribution in [0.2, 0.25) is 0 Å². The molecule has 3 N–H and O–H groups in total. The van der Waals surface area contributed by atoms with Crippen molar-refractivity contribution in [2.45, 2.75) is 25.8 Å². The maximum Gasteiger partial charge on any atom is 0.242 e. The number of aromatic nitrogens is 1. The van der Waals surface area contributed by atoms with E-state index in [-0.39, 0.29) is 11.9 Å². The number of likely N-dealkylation sites (N-methyl/N-ethyl adjacent to an activating group) is 1. The Morgan fingerprint density at radius 1 is 1.43 bits per heavy atom. The number of hydrogen-bond donors (Lipinski definition) is 2. The summed E-state index contributed by atoms with van der Waals surface area (Å²) in [6.45, 7) is 2.85. The van der Waals surface area contributed by atoms with Gasteiger partial charge in [0.15, 0.2) is 0 Å². The first-order valence-electron chi connectivity index (χ1n) is 7.25. The van der Waals surface area contributed by atoms with Crippen LogP contribution < -0.4 is 16.0 Å². The van der Waals surface area contributed by atoms with E-state index in [2.05, 4.69) is 15.2 Å². The molecular weight excluding hydrogens is 264 g/mol. The van der Waals surface area contributed by atoms with Crippen LogP contribution in [0.25, 0.3) is 10.8 Å². The molecule has 0 spiro atoms. The second-order valence-electron chi connectivity index (χ2n) is 5.51. The van der Waals surface area contributed by atoms with E-state index in [1.54, 1.807) is 7.05 Å². The van der Waals surface area contributed by atoms with E-state index < -0.39 is 0 Å². The summed E-state index contributed by atoms with van der Waals surface area (Å²) in [6.07, 6.45) is 3.72. The summed E-state index contributed by atoms with van der Waals surface area (Å²) in [5.74, 6) is 0.0725. The van der Waals surface area contributed by atoms with Crippen LogP contribution in [-0.2, 0) is 4.79 Å². The first-order chi connectivity index (χ1) is 10.1. The zero-order valence-corrected chi connectivity index (χ0v) is 12.4. The highest BCUT2D eigenvalue weighted by molar-refractivity contribution is 6.02. The molecule has 1 aromatic heterocycles. The smallest absolute Gasteiger partial charge is 0.242 e. The van der Waals surface area contributed by atoms with Crippen molar-refractivity contribution in [1.29, 1.82) is 0 Å². The molecule has 0 radical (unpaired) electrons. The second-order valence-corrected chi connectivity index (χ2v) is 5.51. The lowest BCUT2D eigenvalue weighted by atomic mass is 10.1. The number of anilines is 2. The molecule has 0 bridgehead atoms. The summed E-state index contributed by atoms with van der Waals surface area (Å²) in [5.41, 5.74) is 8.79. The Morgan fingerprint density at radius 2 is 2.24 bits per heavy atom. The molecule has 2 heterocycles. The van der Waals surface area contributed by atoms with Gasteiger partial charge in [-0.1, -0.05) is 0 Å². The number of pyridine rings is 1. The predicted octanol–water partition coefficient (Wildman–Crippen LogP) is 1.84. The van der Waals surface area contributed by atoms with Crippen LogP contribution in [0.3, 0.4) is 0 Å². The lowest BCUT2D eigenvalue weighted by molar-refractivity contribution is -0.121. The molecule has 21 heavy (non-hydrogen) atoms. The van der Waals surface area contributed by atoms with Crippen LogP contribution in [0.4, 0.5) is 11.4 Å². The number of hydrogen-bond acceptors (Lipinski definition) is 4. The van der Waals surface area contributed by atoms with Crippen LogP contribution in [-0.4, -0.2) is 30.5 Å². The van der Waals surface area contributed by atoms with Gasteiger partial charge in [-0.25, -0.2) is 0 Å². The number of carbonyl (C=O) groups is 1. The molecule has 1 aliphatic heterocycles. The minimum Gasteiger partial charge on any atom is -0.398 e. The third kappa shape index (κ3) is 2.28. The van der Waals surface area contributed by atoms with Gasteiger partial charge in [0.1, 0.15) is 6.04 Å². The highest BCUT2D eigenvalue weighted by Gasteiger charge is 2.31. The molecule has 110 valence electrons. The lowest BCUT2D eigenvalue weighted by Gasteiger charge is -2.27. The van der Waals surface area contributed by atoms with E-state index in [4.69, 9.17) is 5.73 Å². The fourth-order valence-electron chi connectivity index (χ4n) is 3.09. The summed E-state index contributed by atoms with van der Waals surface area (Å²) < 4.78 is 0. The van der Waals surface area contributed by atoms with Crippen molar-refractivity contribution in [3.05, 3.63) is 30.1 Å². The summed E-state index contributed by atoms with van der Waals surface area (Å²) in [4.78, 5) is 18.6. The van der Waals surface area contributed by atoms with Crippen LogP contribution in [0, 0.1) is 6.92 Å². The van der Waals surface area contributed by atoms with Crippen molar-refractivity contribution < 1.29 is 4.79 Å². The third-order valence-corrected chi connectivity index (χ3v) is 4.16. The Balaban J connectivity index is 2.14. The average Bonchev–Trinajstić information content (AvgIpc) is 2.96. The van der Waals surface area contributed by atoms with Gasteiger partial charge in [0, 0.05) is 47.6 Å². The number of nitrogens with zero attached hydrogens (tertiary/aromatic N) is 2. The van der Waals surface area contributed by atoms with E-state index in [1.807, 2.05) is 31.3 Å². The average molecular weight is 284 g/mol. The Bertz CT molecular complexity index is 698. The number of aryl methyl sites for hydroxylation is 1. The molecule has 1 fully saturated rings. The van der Waals surface area contributed by atoms with E-state index >= 15 is 0 Å². The molecule has 0 saturated carbocycles. The molecule has 3 rings (SSSR count). The zero-order chi connectivity index (χ0) is 15.0. The van der Waals surface area contributed by atoms with Crippen molar-refractivity contribution in [1.82, 2.24) is 10.3 Å². The standard InChI is InChI=1S/C16H20N4O/c1-10-8-11-12(9-19-10)13(17)5-6-14(11)20-7-3-4-15(20)16(21)18-2/h5-6,8-9,15H,3-4,7,17H2,1-2H3,(H,18,21). The predicted molar refractivity (Wildman–Crippen MR) is 85.3 cm³/mol. The minimum absolute atomic E-state index is 0.0725. The Kier molecular flexibility index (Phi) is 3.41. The van der Waals surface area contributed by atoms with E-state index in [1.165, 1.54) is 0 Å². The number of nitrogens with two attached hydrogens (primary N) is 1. The molecule has 1 atom stereocenters. The van der Waals surface area contributed by atoms with Gasteiger partial charge < -0.3 is 16.0 Å². The van der Waals surface area contributed by atoms with E-state index in [0.717, 1.165) is 47.2 Å². The van der Waals surface area contributed by atoms with Crippen molar-refractivity contribution >= 4 is 28.1 Å². The number of fused-ring (bicyclic) bond motifs is 1. The van der Waals surface area contributed by atoms with Gasteiger partial charge in [0.05, 0.1) is 0 Å². The van der Waals surface area contributed by atoms with Crippen molar-refractivity contribution in [2.24, 2.45) is 0 Å². The number of amides is 1. The fraction of sp³-hybridized carbons (Fsp3) is 0.375. The van der Waals surface area contributed by atoms with Crippen LogP contribution >= 0.6 is 0 Å². The maximum absolute atomic E-state index is 12.1. The normalized spacial score (nSPS) is 18.2. The zero-order valence-electron chi connectivity index (χ0n) is 12.4. The first kappa shape index (κ1) is 13.7. The SMILES string of the molecule is CNC(=O)C1CCCN1c1ccc(N)c2cnc(C)cc12. The minimum atomic E-state index is -0.102. The van der Waals surface area contributed by atoms with Crippen molar-refractivity contribution in [3.63, 3.8) is 0 Å². The molecule has 1 saturated heterocycles. The molecule has 1 amide bonds. The van der Waals surface area contributed by atoms with Crippen LogP contribution in [0.1, 0.15) is 18.5 Å². The number of carbonyl (C=O) groups excluding carboxylic acids is 1. The molecule has 1 aliphatic rings. The number of nitrogen functional groups attached to an aromatic ring is 1. The molecule has 2 aromatic rings. The summed E-state index contributed by atoms with van der Waals surface area (Å²) >= 11 is 0. The van der Waals surface area contributed by atoms with Gasteiger partial charge >= 0.3 is 0 Å². The van der Waals surface area contributed by atoms with E-state index in [9.17, 15) is 4.79 Å². The highest BCUT2D eigenvalue weighted by atomic mass is 16.2. The Morgan fingerprint density at radius 3 is 3.00 bits per heavy atom. The topological polar surface area (TPSA) is 71.2 Å². The van der Waals surface area contributed by atoms with Gasteiger partial charge in [-0.15, -0.1) is 0 Å². The lowest BCUT2D eigenvalue weighted by Crippen LogP contribution is -2.42. The molecule has 1 aromatic carbocycles. The third-order valence-electron chi connectivity index (χ3n) is 4.16. The molecule has 5 nitrogen and oxygen atoms in total. The molecule has 1 unspecified atom stereocenters. The quantitative estimate of drug-likeness (QED) is 0.826. The van der Waals surface area contributed by atoms with Crippen LogP contribution in [0.15, 0.2) is 24.4 Å². The van der Waals surface area contributed by atoms with Gasteiger partial charge in [-0.3, -0.25) is 9.78 Å². The highest BCUT2D eigenvalue weighted by Crippen LogP contribution is 2.35. The number of rotatable bonds is 2. The van der Waals surface area contributed by atoms with Crippen molar-refractivity contribution in [2.75, 3.05) is 24.2 Å². The van der Waals surface area contributed by atoms with Gasteiger partial charge in [-0.2, -0.15) is 0 Å².